The fourth-order valence-electron chi connectivity index (χ4n) is 2.53. The van der Waals surface area contributed by atoms with Crippen molar-refractivity contribution in [2.75, 3.05) is 18.5 Å². The van der Waals surface area contributed by atoms with Gasteiger partial charge in [-0.1, -0.05) is 26.0 Å². The number of nitriles is 1. The normalized spacial score (nSPS) is 12.9. The predicted molar refractivity (Wildman–Crippen MR) is 92.4 cm³/mol. The molecule has 1 aromatic carbocycles. The van der Waals surface area contributed by atoms with E-state index in [9.17, 15) is 23.1 Å². The number of aliphatic hydroxyl groups is 1. The summed E-state index contributed by atoms with van der Waals surface area (Å²) in [6, 6.07) is 3.52. The molecule has 142 valence electrons. The van der Waals surface area contributed by atoms with Crippen LogP contribution in [0.5, 0.6) is 0 Å². The third-order valence-corrected chi connectivity index (χ3v) is 3.73. The van der Waals surface area contributed by atoms with Crippen molar-refractivity contribution in [1.82, 2.24) is 4.90 Å². The molecule has 26 heavy (non-hydrogen) atoms. The van der Waals surface area contributed by atoms with E-state index >= 15 is 0 Å². The Morgan fingerprint density at radius 2 is 2.08 bits per heavy atom. The molecule has 0 heterocycles. The molecular formula is C18H22F3N3O2. The van der Waals surface area contributed by atoms with Crippen molar-refractivity contribution >= 4 is 11.7 Å². The predicted octanol–water partition coefficient (Wildman–Crippen LogP) is 4.00. The Morgan fingerprint density at radius 3 is 2.54 bits per heavy atom. The van der Waals surface area contributed by atoms with Gasteiger partial charge in [0.05, 0.1) is 29.8 Å². The number of anilines is 1. The number of hydrogen-bond acceptors (Lipinski definition) is 3. The van der Waals surface area contributed by atoms with Crippen molar-refractivity contribution < 1.29 is 23.1 Å². The molecule has 0 saturated carbocycles. The van der Waals surface area contributed by atoms with Crippen LogP contribution in [-0.4, -0.2) is 35.2 Å². The molecule has 0 aliphatic heterocycles. The number of aliphatic hydroxyl groups excluding tert-OH is 1. The molecule has 0 aliphatic carbocycles. The average molecular weight is 369 g/mol. The quantitative estimate of drug-likeness (QED) is 0.744. The second kappa shape index (κ2) is 9.25. The van der Waals surface area contributed by atoms with E-state index in [-0.39, 0.29) is 30.8 Å². The van der Waals surface area contributed by atoms with Gasteiger partial charge in [-0.05, 0) is 31.0 Å². The van der Waals surface area contributed by atoms with Crippen LogP contribution in [0.2, 0.25) is 0 Å². The highest BCUT2D eigenvalue weighted by atomic mass is 19.4. The lowest BCUT2D eigenvalue weighted by Crippen LogP contribution is -2.46. The Hall–Kier alpha value is -2.53. The molecular weight excluding hydrogens is 347 g/mol. The number of alkyl halides is 3. The van der Waals surface area contributed by atoms with Crippen molar-refractivity contribution in [1.29, 1.82) is 5.26 Å². The number of nitrogens with one attached hydrogen (secondary N) is 1. The average Bonchev–Trinajstić information content (AvgIpc) is 2.56. The lowest BCUT2D eigenvalue weighted by molar-refractivity contribution is -0.137. The highest BCUT2D eigenvalue weighted by Crippen LogP contribution is 2.33. The van der Waals surface area contributed by atoms with E-state index in [4.69, 9.17) is 5.26 Å². The lowest BCUT2D eigenvalue weighted by atomic mass is 10.0. The first-order valence-electron chi connectivity index (χ1n) is 8.08. The number of carbonyl (C=O) groups excluding carboxylic acids is 1. The van der Waals surface area contributed by atoms with Crippen LogP contribution in [0.25, 0.3) is 0 Å². The van der Waals surface area contributed by atoms with Gasteiger partial charge in [0, 0.05) is 12.2 Å². The second-order valence-electron chi connectivity index (χ2n) is 5.98. The molecule has 1 atom stereocenters. The molecule has 2 N–H and O–H groups in total. The zero-order valence-corrected chi connectivity index (χ0v) is 14.8. The van der Waals surface area contributed by atoms with Crippen molar-refractivity contribution in [2.24, 2.45) is 5.92 Å². The van der Waals surface area contributed by atoms with E-state index in [2.05, 4.69) is 5.32 Å². The van der Waals surface area contributed by atoms with E-state index in [1.807, 2.05) is 13.8 Å². The molecule has 0 spiro atoms. The molecule has 5 nitrogen and oxygen atoms in total. The summed E-state index contributed by atoms with van der Waals surface area (Å²) in [5.74, 6) is 0.0372. The van der Waals surface area contributed by atoms with Crippen LogP contribution in [0.4, 0.5) is 23.7 Å². The summed E-state index contributed by atoms with van der Waals surface area (Å²) in [5, 5.41) is 20.5. The molecule has 2 amide bonds. The number of urea groups is 1. The van der Waals surface area contributed by atoms with Gasteiger partial charge in [0.25, 0.3) is 0 Å². The zero-order chi connectivity index (χ0) is 19.9. The number of benzene rings is 1. The van der Waals surface area contributed by atoms with Gasteiger partial charge in [-0.2, -0.15) is 18.4 Å². The number of nitrogens with zero attached hydrogens (tertiary/aromatic N) is 2. The molecule has 0 fully saturated rings. The number of rotatable bonds is 6. The zero-order valence-electron chi connectivity index (χ0n) is 14.8. The Bertz CT molecular complexity index is 694. The number of carbonyl (C=O) groups is 1. The minimum atomic E-state index is -4.71. The Morgan fingerprint density at radius 1 is 1.42 bits per heavy atom. The van der Waals surface area contributed by atoms with Crippen LogP contribution >= 0.6 is 0 Å². The van der Waals surface area contributed by atoms with Crippen LogP contribution in [0.1, 0.15) is 31.9 Å². The van der Waals surface area contributed by atoms with Crippen molar-refractivity contribution in [3.05, 3.63) is 41.5 Å². The van der Waals surface area contributed by atoms with Crippen LogP contribution in [0.3, 0.4) is 0 Å². The summed E-state index contributed by atoms with van der Waals surface area (Å²) < 4.78 is 39.2. The second-order valence-corrected chi connectivity index (χ2v) is 5.98. The van der Waals surface area contributed by atoms with E-state index < -0.39 is 23.3 Å². The maximum absolute atomic E-state index is 13.1. The first-order valence-corrected chi connectivity index (χ1v) is 8.08. The third kappa shape index (κ3) is 5.49. The van der Waals surface area contributed by atoms with E-state index in [1.54, 1.807) is 19.1 Å². The maximum Gasteiger partial charge on any atom is 0.417 e. The van der Waals surface area contributed by atoms with Gasteiger partial charge in [-0.25, -0.2) is 4.79 Å². The smallest absolute Gasteiger partial charge is 0.395 e. The largest absolute Gasteiger partial charge is 0.417 e. The van der Waals surface area contributed by atoms with Gasteiger partial charge >= 0.3 is 12.2 Å². The van der Waals surface area contributed by atoms with E-state index in [1.165, 1.54) is 17.0 Å². The fraction of sp³-hybridized carbons (Fsp3) is 0.444. The van der Waals surface area contributed by atoms with Gasteiger partial charge in [0.1, 0.15) is 0 Å². The molecule has 1 aromatic rings. The number of hydrogen-bond donors (Lipinski definition) is 2. The summed E-state index contributed by atoms with van der Waals surface area (Å²) in [7, 11) is 0. The standard InChI is InChI=1S/C18H22F3N3O2/c1-4-5-16(12(2)3)24(8-9-25)17(26)23-14-7-6-13(11-22)15(10-14)18(19,20)21/h4-7,10,12,16,25H,8-9H2,1-3H3,(H,23,26)/b5-4-. The molecule has 0 bridgehead atoms. The van der Waals surface area contributed by atoms with E-state index in [0.29, 0.717) is 0 Å². The van der Waals surface area contributed by atoms with Crippen LogP contribution < -0.4 is 5.32 Å². The van der Waals surface area contributed by atoms with Crippen LogP contribution in [0, 0.1) is 17.2 Å². The first-order chi connectivity index (χ1) is 12.1. The molecule has 8 heteroatoms. The van der Waals surface area contributed by atoms with Gasteiger partial charge < -0.3 is 15.3 Å². The number of amides is 2. The monoisotopic (exact) mass is 369 g/mol. The minimum absolute atomic E-state index is 0.0292. The lowest BCUT2D eigenvalue weighted by Gasteiger charge is -2.32. The summed E-state index contributed by atoms with van der Waals surface area (Å²) in [4.78, 5) is 13.9. The minimum Gasteiger partial charge on any atom is -0.395 e. The fourth-order valence-corrected chi connectivity index (χ4v) is 2.53. The Labute approximate surface area is 150 Å². The molecule has 0 aromatic heterocycles. The van der Waals surface area contributed by atoms with Crippen LogP contribution in [-0.2, 0) is 6.18 Å². The summed E-state index contributed by atoms with van der Waals surface area (Å²) >= 11 is 0. The van der Waals surface area contributed by atoms with Crippen LogP contribution in [0.15, 0.2) is 30.4 Å². The van der Waals surface area contributed by atoms with E-state index in [0.717, 1.165) is 12.1 Å². The summed E-state index contributed by atoms with van der Waals surface area (Å²) in [6.07, 6.45) is -1.15. The van der Waals surface area contributed by atoms with Crippen molar-refractivity contribution in [2.45, 2.75) is 33.0 Å². The van der Waals surface area contributed by atoms with Gasteiger partial charge in [0.2, 0.25) is 0 Å². The molecule has 0 saturated heterocycles. The highest BCUT2D eigenvalue weighted by Gasteiger charge is 2.34. The van der Waals surface area contributed by atoms with Crippen molar-refractivity contribution in [3.63, 3.8) is 0 Å². The maximum atomic E-state index is 13.1. The molecule has 0 aliphatic rings. The molecule has 1 rings (SSSR count). The summed E-state index contributed by atoms with van der Waals surface area (Å²) in [5.41, 5.74) is -1.70. The van der Waals surface area contributed by atoms with Gasteiger partial charge in [-0.3, -0.25) is 0 Å². The summed E-state index contributed by atoms with van der Waals surface area (Å²) in [6.45, 7) is 5.33. The molecule has 0 radical (unpaired) electrons. The van der Waals surface area contributed by atoms with Crippen molar-refractivity contribution in [3.8, 4) is 6.07 Å². The first kappa shape index (κ1) is 21.5. The third-order valence-electron chi connectivity index (χ3n) is 3.73. The van der Waals surface area contributed by atoms with Gasteiger partial charge in [0.15, 0.2) is 0 Å². The Balaban J connectivity index is 3.15. The Kier molecular flexibility index (Phi) is 7.65. The molecule has 1 unspecified atom stereocenters. The number of halogens is 3. The highest BCUT2D eigenvalue weighted by molar-refractivity contribution is 5.90. The topological polar surface area (TPSA) is 76.4 Å². The number of allylic oxidation sites excluding steroid dienone is 1. The van der Waals surface area contributed by atoms with Gasteiger partial charge in [-0.15, -0.1) is 0 Å². The SMILES string of the molecule is C/C=C\C(C(C)C)N(CCO)C(=O)Nc1ccc(C#N)c(C(F)(F)F)c1.